The minimum Gasteiger partial charge on any atom is -0.496 e. The van der Waals surface area contributed by atoms with Crippen molar-refractivity contribution < 1.29 is 32.2 Å². The molecule has 0 atom stereocenters. The van der Waals surface area contributed by atoms with Gasteiger partial charge in [0.1, 0.15) is 34.6 Å². The van der Waals surface area contributed by atoms with Gasteiger partial charge in [0.25, 0.3) is 5.91 Å². The van der Waals surface area contributed by atoms with E-state index in [1.54, 1.807) is 24.3 Å². The second-order valence-electron chi connectivity index (χ2n) is 5.94. The van der Waals surface area contributed by atoms with Crippen molar-refractivity contribution >= 4 is 39.6 Å². The van der Waals surface area contributed by atoms with E-state index in [9.17, 15) is 13.2 Å². The molecule has 2 rings (SSSR count). The zero-order chi connectivity index (χ0) is 23.0. The molecule has 9 nitrogen and oxygen atoms in total. The molecular formula is C20H23ClN2O7S. The lowest BCUT2D eigenvalue weighted by Crippen LogP contribution is -2.37. The lowest BCUT2D eigenvalue weighted by atomic mass is 10.1. The average molecular weight is 471 g/mol. The number of ether oxygens (including phenoxy) is 4. The Kier molecular flexibility index (Phi) is 8.52. The fourth-order valence-corrected chi connectivity index (χ4v) is 4.06. The van der Waals surface area contributed by atoms with Crippen molar-refractivity contribution in [2.75, 3.05) is 38.6 Å². The lowest BCUT2D eigenvalue weighted by molar-refractivity contribution is -0.115. The molecular weight excluding hydrogens is 448 g/mol. The molecule has 11 heteroatoms. The van der Waals surface area contributed by atoms with Gasteiger partial charge in [0.15, 0.2) is 0 Å². The third-order valence-electron chi connectivity index (χ3n) is 4.20. The third-order valence-corrected chi connectivity index (χ3v) is 5.70. The van der Waals surface area contributed by atoms with E-state index in [1.165, 1.54) is 40.6 Å². The predicted molar refractivity (Wildman–Crippen MR) is 118 cm³/mol. The number of anilines is 1. The average Bonchev–Trinajstić information content (AvgIpc) is 2.78. The van der Waals surface area contributed by atoms with Gasteiger partial charge in [0.2, 0.25) is 0 Å². The highest BCUT2D eigenvalue weighted by Gasteiger charge is 2.30. The summed E-state index contributed by atoms with van der Waals surface area (Å²) < 4.78 is 51.1. The maximum absolute atomic E-state index is 12.9. The van der Waals surface area contributed by atoms with Crippen LogP contribution in [0.3, 0.4) is 0 Å². The zero-order valence-electron chi connectivity index (χ0n) is 17.5. The number of carbonyl (C=O) groups is 1. The van der Waals surface area contributed by atoms with Crippen LogP contribution in [-0.2, 0) is 21.4 Å². The first-order valence-electron chi connectivity index (χ1n) is 8.92. The smallest absolute Gasteiger partial charge is 0.351 e. The summed E-state index contributed by atoms with van der Waals surface area (Å²) in [5, 5.41) is 0. The zero-order valence-corrected chi connectivity index (χ0v) is 19.1. The molecule has 0 radical (unpaired) electrons. The number of carbonyl (C=O) groups excluding carboxylic acids is 1. The number of benzene rings is 2. The summed E-state index contributed by atoms with van der Waals surface area (Å²) in [5.74, 6) is 0.114. The van der Waals surface area contributed by atoms with E-state index >= 15 is 0 Å². The number of hydrogen-bond donors (Lipinski definition) is 0. The van der Waals surface area contributed by atoms with Crippen molar-refractivity contribution in [3.63, 3.8) is 0 Å². The van der Waals surface area contributed by atoms with Crippen LogP contribution >= 0.6 is 11.6 Å². The maximum Gasteiger partial charge on any atom is 0.351 e. The Hall–Kier alpha value is -2.98. The monoisotopic (exact) mass is 470 g/mol. The Morgan fingerprint density at radius 1 is 1.00 bits per heavy atom. The molecule has 0 aliphatic carbocycles. The van der Waals surface area contributed by atoms with Crippen LogP contribution in [0.4, 0.5) is 5.69 Å². The molecule has 0 aliphatic heterocycles. The molecule has 0 fully saturated rings. The summed E-state index contributed by atoms with van der Waals surface area (Å²) >= 11 is 5.64. The first kappa shape index (κ1) is 24.3. The van der Waals surface area contributed by atoms with E-state index in [-0.39, 0.29) is 17.9 Å². The quantitative estimate of drug-likeness (QED) is 0.388. The van der Waals surface area contributed by atoms with Gasteiger partial charge < -0.3 is 18.9 Å². The van der Waals surface area contributed by atoms with Gasteiger partial charge in [-0.3, -0.25) is 4.79 Å². The lowest BCUT2D eigenvalue weighted by Gasteiger charge is -2.21. The molecule has 0 heterocycles. The summed E-state index contributed by atoms with van der Waals surface area (Å²) in [6, 6.07) is 9.43. The van der Waals surface area contributed by atoms with Crippen LogP contribution in [-0.4, -0.2) is 54.9 Å². The number of amides is 1. The molecule has 168 valence electrons. The van der Waals surface area contributed by atoms with Gasteiger partial charge in [-0.05, 0) is 12.1 Å². The summed E-state index contributed by atoms with van der Waals surface area (Å²) in [4.78, 5) is 12.4. The highest BCUT2D eigenvalue weighted by molar-refractivity contribution is 7.92. The van der Waals surface area contributed by atoms with Gasteiger partial charge in [0.05, 0.1) is 28.4 Å². The van der Waals surface area contributed by atoms with Gasteiger partial charge in [-0.1, -0.05) is 12.1 Å². The molecule has 2 aromatic rings. The van der Waals surface area contributed by atoms with Crippen molar-refractivity contribution in [1.29, 1.82) is 0 Å². The van der Waals surface area contributed by atoms with E-state index in [2.05, 4.69) is 4.40 Å². The number of hydrogen-bond acceptors (Lipinski definition) is 7. The molecule has 0 spiro atoms. The topological polar surface area (TPSA) is 104 Å². The summed E-state index contributed by atoms with van der Waals surface area (Å²) in [6.07, 6.45) is 1.19. The largest absolute Gasteiger partial charge is 0.496 e. The Bertz CT molecular complexity index is 1030. The van der Waals surface area contributed by atoms with Gasteiger partial charge in [0, 0.05) is 30.3 Å². The highest BCUT2D eigenvalue weighted by Crippen LogP contribution is 2.34. The van der Waals surface area contributed by atoms with E-state index < -0.39 is 22.0 Å². The number of halogens is 1. The van der Waals surface area contributed by atoms with Crippen molar-refractivity contribution in [3.05, 3.63) is 42.0 Å². The number of alkyl halides is 1. The van der Waals surface area contributed by atoms with Crippen molar-refractivity contribution in [2.45, 2.75) is 6.42 Å². The predicted octanol–water partition coefficient (Wildman–Crippen LogP) is 2.85. The first-order chi connectivity index (χ1) is 14.8. The SMILES string of the molecule is COc1cc(OC)c(CC=NS(=O)(=O)N(C(=O)CCl)c2ccccc2OC)c(OC)c1. The first-order valence-corrected chi connectivity index (χ1v) is 10.9. The van der Waals surface area contributed by atoms with Crippen LogP contribution in [0.15, 0.2) is 40.8 Å². The standard InChI is InChI=1S/C20H23ClN2O7S/c1-27-14-11-18(29-3)15(19(12-14)30-4)9-10-22-31(25,26)23(20(24)13-21)16-7-5-6-8-17(16)28-2/h5-8,10-12H,9,13H2,1-4H3. The van der Waals surface area contributed by atoms with Crippen LogP contribution < -0.4 is 23.3 Å². The number of methoxy groups -OCH3 is 4. The molecule has 1 amide bonds. The number of rotatable bonds is 10. The molecule has 0 bridgehead atoms. The minimum atomic E-state index is -4.46. The van der Waals surface area contributed by atoms with Crippen LogP contribution in [0.1, 0.15) is 5.56 Å². The normalized spacial score (nSPS) is 11.3. The van der Waals surface area contributed by atoms with Gasteiger partial charge >= 0.3 is 10.2 Å². The van der Waals surface area contributed by atoms with Gasteiger partial charge in [-0.15, -0.1) is 11.6 Å². The fraction of sp³-hybridized carbons (Fsp3) is 0.300. The molecule has 0 unspecified atom stereocenters. The number of nitrogens with zero attached hydrogens (tertiary/aromatic N) is 2. The molecule has 0 aromatic heterocycles. The van der Waals surface area contributed by atoms with Crippen molar-refractivity contribution in [2.24, 2.45) is 4.40 Å². The van der Waals surface area contributed by atoms with Gasteiger partial charge in [-0.2, -0.15) is 17.1 Å². The number of para-hydroxylation sites is 2. The Morgan fingerprint density at radius 2 is 1.58 bits per heavy atom. The van der Waals surface area contributed by atoms with E-state index in [4.69, 9.17) is 30.5 Å². The molecule has 2 aromatic carbocycles. The molecule has 0 saturated carbocycles. The second kappa shape index (κ2) is 10.9. The third kappa shape index (κ3) is 5.59. The maximum atomic E-state index is 12.9. The summed E-state index contributed by atoms with van der Waals surface area (Å²) in [5.41, 5.74) is 0.560. The van der Waals surface area contributed by atoms with E-state index in [0.717, 1.165) is 6.21 Å². The van der Waals surface area contributed by atoms with Crippen LogP contribution in [0.25, 0.3) is 0 Å². The molecule has 0 N–H and O–H groups in total. The van der Waals surface area contributed by atoms with Crippen molar-refractivity contribution in [3.8, 4) is 23.0 Å². The molecule has 31 heavy (non-hydrogen) atoms. The van der Waals surface area contributed by atoms with Crippen LogP contribution in [0.5, 0.6) is 23.0 Å². The Morgan fingerprint density at radius 3 is 2.10 bits per heavy atom. The second-order valence-corrected chi connectivity index (χ2v) is 7.68. The van der Waals surface area contributed by atoms with Crippen molar-refractivity contribution in [1.82, 2.24) is 0 Å². The summed E-state index contributed by atoms with van der Waals surface area (Å²) in [6.45, 7) is 0. The highest BCUT2D eigenvalue weighted by atomic mass is 35.5. The van der Waals surface area contributed by atoms with Gasteiger partial charge in [-0.25, -0.2) is 0 Å². The van der Waals surface area contributed by atoms with Crippen LogP contribution in [0.2, 0.25) is 0 Å². The van der Waals surface area contributed by atoms with E-state index in [0.29, 0.717) is 27.1 Å². The molecule has 0 saturated heterocycles. The Labute approximate surface area is 186 Å². The van der Waals surface area contributed by atoms with E-state index in [1.807, 2.05) is 0 Å². The van der Waals surface area contributed by atoms with Crippen LogP contribution in [0, 0.1) is 0 Å². The Balaban J connectivity index is 2.43. The molecule has 0 aliphatic rings. The fourth-order valence-electron chi connectivity index (χ4n) is 2.79. The summed E-state index contributed by atoms with van der Waals surface area (Å²) in [7, 11) is 1.34. The minimum absolute atomic E-state index is 0.00686.